The summed E-state index contributed by atoms with van der Waals surface area (Å²) in [5.41, 5.74) is 2.52. The van der Waals surface area contributed by atoms with Crippen molar-refractivity contribution < 1.29 is 0 Å². The molecule has 58 valence electrons. The van der Waals surface area contributed by atoms with Gasteiger partial charge in [0.05, 0.1) is 5.69 Å². The summed E-state index contributed by atoms with van der Waals surface area (Å²) in [6.45, 7) is 10.2. The van der Waals surface area contributed by atoms with Crippen molar-refractivity contribution in [3.8, 4) is 0 Å². The Bertz CT molecular complexity index is 172. The van der Waals surface area contributed by atoms with Gasteiger partial charge in [-0.1, -0.05) is 13.8 Å². The van der Waals surface area contributed by atoms with Gasteiger partial charge in [-0.3, -0.25) is 0 Å². The summed E-state index contributed by atoms with van der Waals surface area (Å²) in [6, 6.07) is 0. The van der Waals surface area contributed by atoms with E-state index in [1.165, 1.54) is 16.1 Å². The van der Waals surface area contributed by atoms with Crippen molar-refractivity contribution in [3.05, 3.63) is 16.1 Å². The third kappa shape index (κ3) is 2.10. The summed E-state index contributed by atoms with van der Waals surface area (Å²) >= 11 is 1.58. The molecule has 0 aliphatic heterocycles. The van der Waals surface area contributed by atoms with Crippen molar-refractivity contribution in [2.75, 3.05) is 0 Å². The summed E-state index contributed by atoms with van der Waals surface area (Å²) in [4.78, 5) is 1.34. The summed E-state index contributed by atoms with van der Waals surface area (Å²) in [6.07, 6.45) is 0. The number of nitrogens with zero attached hydrogens (tertiary/aromatic N) is 1. The van der Waals surface area contributed by atoms with Crippen LogP contribution in [0.4, 0.5) is 0 Å². The van der Waals surface area contributed by atoms with E-state index in [0.717, 1.165) is 0 Å². The number of rotatable bonds is 0. The minimum atomic E-state index is 1.17. The third-order valence-corrected chi connectivity index (χ3v) is 2.34. The normalized spacial score (nSPS) is 8.50. The fourth-order valence-corrected chi connectivity index (χ4v) is 1.22. The molecule has 0 amide bonds. The lowest BCUT2D eigenvalue weighted by atomic mass is 10.2. The highest BCUT2D eigenvalue weighted by molar-refractivity contribution is 7.05. The Morgan fingerprint density at radius 2 is 1.60 bits per heavy atom. The monoisotopic (exact) mass is 157 g/mol. The van der Waals surface area contributed by atoms with Gasteiger partial charge >= 0.3 is 0 Å². The molecule has 10 heavy (non-hydrogen) atoms. The Kier molecular flexibility index (Phi) is 4.28. The number of aromatic nitrogens is 1. The van der Waals surface area contributed by atoms with E-state index in [-0.39, 0.29) is 0 Å². The van der Waals surface area contributed by atoms with Crippen molar-refractivity contribution in [1.29, 1.82) is 0 Å². The highest BCUT2D eigenvalue weighted by Gasteiger charge is 1.97. The van der Waals surface area contributed by atoms with E-state index >= 15 is 0 Å². The van der Waals surface area contributed by atoms with Gasteiger partial charge in [0, 0.05) is 4.88 Å². The van der Waals surface area contributed by atoms with Crippen LogP contribution < -0.4 is 0 Å². The molecule has 0 atom stereocenters. The lowest BCUT2D eigenvalue weighted by Crippen LogP contribution is -1.73. The van der Waals surface area contributed by atoms with E-state index < -0.39 is 0 Å². The maximum absolute atomic E-state index is 4.16. The van der Waals surface area contributed by atoms with Crippen LogP contribution in [-0.4, -0.2) is 4.37 Å². The molecule has 0 saturated heterocycles. The van der Waals surface area contributed by atoms with Gasteiger partial charge in [-0.2, -0.15) is 4.37 Å². The van der Waals surface area contributed by atoms with Crippen LogP contribution in [0.3, 0.4) is 0 Å². The van der Waals surface area contributed by atoms with Gasteiger partial charge in [-0.25, -0.2) is 0 Å². The molecule has 0 aliphatic carbocycles. The van der Waals surface area contributed by atoms with Gasteiger partial charge in [-0.15, -0.1) is 0 Å². The van der Waals surface area contributed by atoms with E-state index in [0.29, 0.717) is 0 Å². The SMILES string of the molecule is CC.Cc1nsc(C)c1C. The van der Waals surface area contributed by atoms with E-state index in [1.54, 1.807) is 11.5 Å². The molecule has 0 bridgehead atoms. The minimum Gasteiger partial charge on any atom is -0.197 e. The Morgan fingerprint density at radius 3 is 1.70 bits per heavy atom. The second-order valence-corrected chi connectivity index (χ2v) is 2.93. The molecule has 0 fully saturated rings. The van der Waals surface area contributed by atoms with Crippen LogP contribution in [0.5, 0.6) is 0 Å². The highest BCUT2D eigenvalue weighted by Crippen LogP contribution is 2.14. The molecular formula is C8H15NS. The predicted molar refractivity (Wildman–Crippen MR) is 47.7 cm³/mol. The second-order valence-electron chi connectivity index (χ2n) is 1.95. The van der Waals surface area contributed by atoms with Gasteiger partial charge < -0.3 is 0 Å². The van der Waals surface area contributed by atoms with Crippen molar-refractivity contribution >= 4 is 11.5 Å². The van der Waals surface area contributed by atoms with Crippen LogP contribution >= 0.6 is 11.5 Å². The second kappa shape index (κ2) is 4.45. The van der Waals surface area contributed by atoms with Crippen molar-refractivity contribution in [2.45, 2.75) is 34.6 Å². The minimum absolute atomic E-state index is 1.17. The zero-order valence-electron chi connectivity index (χ0n) is 7.36. The van der Waals surface area contributed by atoms with E-state index in [2.05, 4.69) is 18.2 Å². The Balaban J connectivity index is 0.000000371. The lowest BCUT2D eigenvalue weighted by molar-refractivity contribution is 1.26. The van der Waals surface area contributed by atoms with Crippen LogP contribution in [-0.2, 0) is 0 Å². The van der Waals surface area contributed by atoms with Gasteiger partial charge in [0.25, 0.3) is 0 Å². The predicted octanol–water partition coefficient (Wildman–Crippen LogP) is 3.09. The van der Waals surface area contributed by atoms with Crippen molar-refractivity contribution in [1.82, 2.24) is 4.37 Å². The molecule has 1 nitrogen and oxygen atoms in total. The molecule has 0 saturated carbocycles. The average molecular weight is 157 g/mol. The zero-order chi connectivity index (χ0) is 8.15. The van der Waals surface area contributed by atoms with Gasteiger partial charge in [0.15, 0.2) is 0 Å². The molecule has 2 heteroatoms. The Labute approximate surface area is 67.3 Å². The molecular weight excluding hydrogens is 142 g/mol. The first kappa shape index (κ1) is 9.63. The fourth-order valence-electron chi connectivity index (χ4n) is 0.529. The standard InChI is InChI=1S/C6H9NS.C2H6/c1-4-5(2)7-8-6(4)3;1-2/h1-3H3;1-2H3. The van der Waals surface area contributed by atoms with Gasteiger partial charge in [-0.05, 0) is 37.9 Å². The lowest BCUT2D eigenvalue weighted by Gasteiger charge is -1.83. The maximum atomic E-state index is 4.16. The molecule has 1 rings (SSSR count). The topological polar surface area (TPSA) is 12.9 Å². The van der Waals surface area contributed by atoms with E-state index in [4.69, 9.17) is 0 Å². The number of hydrogen-bond acceptors (Lipinski definition) is 2. The molecule has 1 heterocycles. The van der Waals surface area contributed by atoms with Gasteiger partial charge in [0.2, 0.25) is 0 Å². The van der Waals surface area contributed by atoms with Crippen LogP contribution in [0.25, 0.3) is 0 Å². The molecule has 1 aromatic heterocycles. The number of aryl methyl sites for hydroxylation is 2. The van der Waals surface area contributed by atoms with Crippen LogP contribution in [0.2, 0.25) is 0 Å². The third-order valence-electron chi connectivity index (χ3n) is 1.39. The largest absolute Gasteiger partial charge is 0.197 e. The summed E-state index contributed by atoms with van der Waals surface area (Å²) in [5, 5.41) is 0. The summed E-state index contributed by atoms with van der Waals surface area (Å²) < 4.78 is 4.16. The molecule has 0 radical (unpaired) electrons. The van der Waals surface area contributed by atoms with E-state index in [1.807, 2.05) is 20.8 Å². The smallest absolute Gasteiger partial charge is 0.0543 e. The van der Waals surface area contributed by atoms with Crippen LogP contribution in [0, 0.1) is 20.8 Å². The van der Waals surface area contributed by atoms with Gasteiger partial charge in [0.1, 0.15) is 0 Å². The highest BCUT2D eigenvalue weighted by atomic mass is 32.1. The Hall–Kier alpha value is -0.370. The van der Waals surface area contributed by atoms with E-state index in [9.17, 15) is 0 Å². The quantitative estimate of drug-likeness (QED) is 0.564. The first-order valence-corrected chi connectivity index (χ1v) is 4.38. The maximum Gasteiger partial charge on any atom is 0.0543 e. The molecule has 0 N–H and O–H groups in total. The summed E-state index contributed by atoms with van der Waals surface area (Å²) in [7, 11) is 0. The van der Waals surface area contributed by atoms with Crippen molar-refractivity contribution in [3.63, 3.8) is 0 Å². The summed E-state index contributed by atoms with van der Waals surface area (Å²) in [5.74, 6) is 0. The molecule has 0 aliphatic rings. The number of hydrogen-bond donors (Lipinski definition) is 0. The molecule has 1 aromatic rings. The molecule has 0 aromatic carbocycles. The Morgan fingerprint density at radius 1 is 1.10 bits per heavy atom. The molecule has 0 unspecified atom stereocenters. The van der Waals surface area contributed by atoms with Crippen molar-refractivity contribution in [2.24, 2.45) is 0 Å². The first-order valence-electron chi connectivity index (χ1n) is 3.61. The zero-order valence-corrected chi connectivity index (χ0v) is 8.17. The first-order chi connectivity index (χ1) is 4.72. The average Bonchev–Trinajstić information content (AvgIpc) is 2.25. The molecule has 0 spiro atoms. The fraction of sp³-hybridized carbons (Fsp3) is 0.625. The van der Waals surface area contributed by atoms with Crippen LogP contribution in [0.1, 0.15) is 30.0 Å². The van der Waals surface area contributed by atoms with Crippen LogP contribution in [0.15, 0.2) is 0 Å².